The molecule has 0 aromatic heterocycles. The van der Waals surface area contributed by atoms with Crippen LogP contribution in [0.1, 0.15) is 18.4 Å². The molecule has 0 bridgehead atoms. The fourth-order valence-electron chi connectivity index (χ4n) is 1.80. The van der Waals surface area contributed by atoms with Crippen molar-refractivity contribution >= 4 is 27.8 Å². The molecule has 6 heteroatoms. The van der Waals surface area contributed by atoms with Gasteiger partial charge < -0.3 is 14.7 Å². The first-order chi connectivity index (χ1) is 9.45. The van der Waals surface area contributed by atoms with Gasteiger partial charge in [0, 0.05) is 18.1 Å². The van der Waals surface area contributed by atoms with Gasteiger partial charge in [0.15, 0.2) is 0 Å². The van der Waals surface area contributed by atoms with E-state index in [-0.39, 0.29) is 24.9 Å². The topological polar surface area (TPSA) is 66.8 Å². The predicted octanol–water partition coefficient (Wildman–Crippen LogP) is 2.11. The molecule has 110 valence electrons. The fraction of sp³-hybridized carbons (Fsp3) is 0.429. The second-order valence-corrected chi connectivity index (χ2v) is 5.34. The van der Waals surface area contributed by atoms with Crippen LogP contribution < -0.4 is 0 Å². The normalized spacial score (nSPS) is 11.9. The number of ether oxygens (including phenoxy) is 1. The molecule has 1 rings (SSSR count). The highest BCUT2D eigenvalue weighted by molar-refractivity contribution is 9.10. The predicted molar refractivity (Wildman–Crippen MR) is 78.6 cm³/mol. The Bertz CT molecular complexity index is 461. The van der Waals surface area contributed by atoms with Crippen LogP contribution in [0.3, 0.4) is 0 Å². The average Bonchev–Trinajstić information content (AvgIpc) is 2.42. The molecule has 1 atom stereocenters. The van der Waals surface area contributed by atoms with Crippen LogP contribution in [0.4, 0.5) is 0 Å². The van der Waals surface area contributed by atoms with Crippen LogP contribution in [-0.2, 0) is 14.3 Å². The minimum Gasteiger partial charge on any atom is -0.480 e. The molecule has 0 aliphatic carbocycles. The Balaban J connectivity index is 2.81. The summed E-state index contributed by atoms with van der Waals surface area (Å²) in [6.07, 6.45) is 0. The van der Waals surface area contributed by atoms with Gasteiger partial charge in [0.25, 0.3) is 0 Å². The number of carboxylic acid groups (broad SMARTS) is 1. The van der Waals surface area contributed by atoms with E-state index in [0.29, 0.717) is 6.61 Å². The van der Waals surface area contributed by atoms with Crippen molar-refractivity contribution in [3.63, 3.8) is 0 Å². The molecule has 1 amide bonds. The van der Waals surface area contributed by atoms with Gasteiger partial charge in [-0.2, -0.15) is 0 Å². The number of benzene rings is 1. The number of amides is 1. The van der Waals surface area contributed by atoms with Gasteiger partial charge >= 0.3 is 5.97 Å². The lowest BCUT2D eigenvalue weighted by Gasteiger charge is -2.24. The Morgan fingerprint density at radius 1 is 1.35 bits per heavy atom. The SMILES string of the molecule is COCCN(CC(=O)O)C(=O)C(C)c1ccc(Br)cc1. The molecule has 0 saturated heterocycles. The van der Waals surface area contributed by atoms with E-state index >= 15 is 0 Å². The van der Waals surface area contributed by atoms with E-state index in [2.05, 4.69) is 15.9 Å². The molecule has 20 heavy (non-hydrogen) atoms. The van der Waals surface area contributed by atoms with Gasteiger partial charge in [-0.3, -0.25) is 9.59 Å². The number of carbonyl (C=O) groups excluding carboxylic acids is 1. The van der Waals surface area contributed by atoms with E-state index in [4.69, 9.17) is 9.84 Å². The largest absolute Gasteiger partial charge is 0.480 e. The third-order valence-corrected chi connectivity index (χ3v) is 3.47. The summed E-state index contributed by atoms with van der Waals surface area (Å²) in [4.78, 5) is 24.5. The Labute approximate surface area is 126 Å². The number of halogens is 1. The minimum absolute atomic E-state index is 0.216. The molecule has 0 fully saturated rings. The number of rotatable bonds is 7. The van der Waals surface area contributed by atoms with Gasteiger partial charge in [-0.1, -0.05) is 28.1 Å². The summed E-state index contributed by atoms with van der Waals surface area (Å²) < 4.78 is 5.85. The minimum atomic E-state index is -1.03. The Morgan fingerprint density at radius 2 is 1.95 bits per heavy atom. The van der Waals surface area contributed by atoms with Crippen molar-refractivity contribution < 1.29 is 19.4 Å². The molecule has 0 aliphatic heterocycles. The van der Waals surface area contributed by atoms with Crippen molar-refractivity contribution in [2.75, 3.05) is 26.8 Å². The number of methoxy groups -OCH3 is 1. The Morgan fingerprint density at radius 3 is 2.45 bits per heavy atom. The van der Waals surface area contributed by atoms with E-state index < -0.39 is 5.97 Å². The summed E-state index contributed by atoms with van der Waals surface area (Å²) in [7, 11) is 1.52. The highest BCUT2D eigenvalue weighted by Gasteiger charge is 2.23. The Kier molecular flexibility index (Phi) is 6.67. The quantitative estimate of drug-likeness (QED) is 0.823. The van der Waals surface area contributed by atoms with Crippen LogP contribution >= 0.6 is 15.9 Å². The average molecular weight is 344 g/mol. The molecule has 0 saturated carbocycles. The smallest absolute Gasteiger partial charge is 0.323 e. The van der Waals surface area contributed by atoms with Crippen molar-refractivity contribution in [3.8, 4) is 0 Å². The van der Waals surface area contributed by atoms with E-state index in [1.54, 1.807) is 6.92 Å². The van der Waals surface area contributed by atoms with Crippen LogP contribution in [0.25, 0.3) is 0 Å². The van der Waals surface area contributed by atoms with Crippen molar-refractivity contribution in [2.45, 2.75) is 12.8 Å². The second-order valence-electron chi connectivity index (χ2n) is 4.42. The molecule has 1 aromatic rings. The maximum atomic E-state index is 12.4. The summed E-state index contributed by atoms with van der Waals surface area (Å²) in [6.45, 7) is 2.03. The van der Waals surface area contributed by atoms with Crippen LogP contribution in [0.5, 0.6) is 0 Å². The first kappa shape index (κ1) is 16.7. The van der Waals surface area contributed by atoms with Crippen LogP contribution in [0, 0.1) is 0 Å². The van der Waals surface area contributed by atoms with Crippen LogP contribution in [-0.4, -0.2) is 48.7 Å². The number of hydrogen-bond donors (Lipinski definition) is 1. The zero-order chi connectivity index (χ0) is 15.1. The number of aliphatic carboxylic acids is 1. The maximum Gasteiger partial charge on any atom is 0.323 e. The molecular formula is C14H18BrNO4. The summed E-state index contributed by atoms with van der Waals surface area (Å²) in [5.41, 5.74) is 0.853. The van der Waals surface area contributed by atoms with Gasteiger partial charge in [0.05, 0.1) is 12.5 Å². The fourth-order valence-corrected chi connectivity index (χ4v) is 2.06. The van der Waals surface area contributed by atoms with Gasteiger partial charge in [-0.05, 0) is 24.6 Å². The van der Waals surface area contributed by atoms with Crippen molar-refractivity contribution in [2.24, 2.45) is 0 Å². The third kappa shape index (κ3) is 4.94. The molecule has 0 radical (unpaired) electrons. The van der Waals surface area contributed by atoms with Crippen molar-refractivity contribution in [3.05, 3.63) is 34.3 Å². The molecule has 1 unspecified atom stereocenters. The van der Waals surface area contributed by atoms with Crippen LogP contribution in [0.15, 0.2) is 28.7 Å². The molecule has 1 N–H and O–H groups in total. The summed E-state index contributed by atoms with van der Waals surface area (Å²) in [6, 6.07) is 7.41. The first-order valence-corrected chi connectivity index (χ1v) is 7.00. The molecule has 1 aromatic carbocycles. The highest BCUT2D eigenvalue weighted by Crippen LogP contribution is 2.20. The van der Waals surface area contributed by atoms with Gasteiger partial charge in [-0.25, -0.2) is 0 Å². The van der Waals surface area contributed by atoms with Crippen molar-refractivity contribution in [1.82, 2.24) is 4.90 Å². The van der Waals surface area contributed by atoms with E-state index in [1.165, 1.54) is 12.0 Å². The van der Waals surface area contributed by atoms with E-state index in [1.807, 2.05) is 24.3 Å². The van der Waals surface area contributed by atoms with E-state index in [0.717, 1.165) is 10.0 Å². The molecular weight excluding hydrogens is 326 g/mol. The van der Waals surface area contributed by atoms with Gasteiger partial charge in [0.2, 0.25) is 5.91 Å². The standard InChI is InChI=1S/C14H18BrNO4/c1-10(11-3-5-12(15)6-4-11)14(19)16(7-8-20-2)9-13(17)18/h3-6,10H,7-9H2,1-2H3,(H,17,18). The van der Waals surface area contributed by atoms with E-state index in [9.17, 15) is 9.59 Å². The van der Waals surface area contributed by atoms with Crippen LogP contribution in [0.2, 0.25) is 0 Å². The molecule has 5 nitrogen and oxygen atoms in total. The second kappa shape index (κ2) is 8.01. The lowest BCUT2D eigenvalue weighted by molar-refractivity contribution is -0.145. The van der Waals surface area contributed by atoms with Gasteiger partial charge in [-0.15, -0.1) is 0 Å². The molecule has 0 spiro atoms. The number of nitrogens with zero attached hydrogens (tertiary/aromatic N) is 1. The number of carboxylic acids is 1. The van der Waals surface area contributed by atoms with Crippen molar-refractivity contribution in [1.29, 1.82) is 0 Å². The number of carbonyl (C=O) groups is 2. The molecule has 0 heterocycles. The van der Waals surface area contributed by atoms with Gasteiger partial charge in [0.1, 0.15) is 6.54 Å². The summed E-state index contributed by atoms with van der Waals surface area (Å²) in [5, 5.41) is 8.88. The number of hydrogen-bond acceptors (Lipinski definition) is 3. The zero-order valence-corrected chi connectivity index (χ0v) is 13.1. The summed E-state index contributed by atoms with van der Waals surface area (Å²) >= 11 is 3.34. The Hall–Kier alpha value is -1.40. The lowest BCUT2D eigenvalue weighted by Crippen LogP contribution is -2.40. The maximum absolute atomic E-state index is 12.4. The highest BCUT2D eigenvalue weighted by atomic mass is 79.9. The first-order valence-electron chi connectivity index (χ1n) is 6.20. The molecule has 0 aliphatic rings. The monoisotopic (exact) mass is 343 g/mol. The zero-order valence-electron chi connectivity index (χ0n) is 11.5. The lowest BCUT2D eigenvalue weighted by atomic mass is 10.00. The summed E-state index contributed by atoms with van der Waals surface area (Å²) in [5.74, 6) is -1.64. The third-order valence-electron chi connectivity index (χ3n) is 2.94.